The van der Waals surface area contributed by atoms with Crippen molar-refractivity contribution in [3.63, 3.8) is 0 Å². The fourth-order valence-corrected chi connectivity index (χ4v) is 2.01. The molecule has 0 bridgehead atoms. The molecule has 0 radical (unpaired) electrons. The van der Waals surface area contributed by atoms with Gasteiger partial charge in [-0.25, -0.2) is 4.79 Å². The van der Waals surface area contributed by atoms with E-state index in [1.165, 1.54) is 0 Å². The van der Waals surface area contributed by atoms with Crippen molar-refractivity contribution in [3.05, 3.63) is 75.9 Å². The molecule has 0 fully saturated rings. The van der Waals surface area contributed by atoms with Crippen molar-refractivity contribution in [1.82, 2.24) is 10.6 Å². The summed E-state index contributed by atoms with van der Waals surface area (Å²) in [6, 6.07) is 14.4. The maximum atomic E-state index is 11.6. The van der Waals surface area contributed by atoms with Gasteiger partial charge in [-0.05, 0) is 41.5 Å². The normalized spacial score (nSPS) is 10.6. The predicted molar refractivity (Wildman–Crippen MR) is 87.3 cm³/mol. The van der Waals surface area contributed by atoms with Gasteiger partial charge in [0.2, 0.25) is 0 Å². The third-order valence-corrected chi connectivity index (χ3v) is 3.19. The second kappa shape index (κ2) is 7.72. The van der Waals surface area contributed by atoms with Crippen LogP contribution in [-0.4, -0.2) is 6.03 Å². The van der Waals surface area contributed by atoms with Crippen molar-refractivity contribution in [2.45, 2.75) is 6.54 Å². The molecule has 0 saturated heterocycles. The number of carbonyl (C=O) groups excluding carboxylic acids is 1. The molecule has 0 aromatic heterocycles. The van der Waals surface area contributed by atoms with Crippen LogP contribution in [0.2, 0.25) is 10.0 Å². The van der Waals surface area contributed by atoms with Gasteiger partial charge >= 0.3 is 6.03 Å². The van der Waals surface area contributed by atoms with E-state index in [1.807, 2.05) is 30.3 Å². The highest BCUT2D eigenvalue weighted by molar-refractivity contribution is 6.30. The Kier molecular flexibility index (Phi) is 5.67. The zero-order chi connectivity index (χ0) is 15.1. The Morgan fingerprint density at radius 1 is 1.05 bits per heavy atom. The van der Waals surface area contributed by atoms with Gasteiger partial charge < -0.3 is 10.6 Å². The number of urea groups is 1. The standard InChI is InChI=1S/C16H14Cl2N2O/c17-14-6-4-12(5-7-14)8-9-19-16(21)20-11-13-2-1-3-15(18)10-13/h1-10H,11H2,(H2,19,20,21)/b9-8+. The maximum absolute atomic E-state index is 11.6. The van der Waals surface area contributed by atoms with E-state index in [1.54, 1.807) is 30.5 Å². The molecular weight excluding hydrogens is 307 g/mol. The van der Waals surface area contributed by atoms with Crippen LogP contribution in [0.15, 0.2) is 54.7 Å². The highest BCUT2D eigenvalue weighted by atomic mass is 35.5. The Bertz CT molecular complexity index is 639. The number of halogens is 2. The van der Waals surface area contributed by atoms with Crippen molar-refractivity contribution in [2.24, 2.45) is 0 Å². The Balaban J connectivity index is 1.78. The molecule has 2 rings (SSSR count). The maximum Gasteiger partial charge on any atom is 0.319 e. The van der Waals surface area contributed by atoms with Crippen LogP contribution in [-0.2, 0) is 6.54 Å². The zero-order valence-corrected chi connectivity index (χ0v) is 12.7. The first kappa shape index (κ1) is 15.4. The summed E-state index contributed by atoms with van der Waals surface area (Å²) in [5.74, 6) is 0. The first-order valence-electron chi connectivity index (χ1n) is 6.34. The molecule has 3 nitrogen and oxygen atoms in total. The highest BCUT2D eigenvalue weighted by Crippen LogP contribution is 2.11. The molecule has 0 aliphatic carbocycles. The first-order chi connectivity index (χ1) is 10.1. The monoisotopic (exact) mass is 320 g/mol. The predicted octanol–water partition coefficient (Wildman–Crippen LogP) is 4.46. The summed E-state index contributed by atoms with van der Waals surface area (Å²) in [7, 11) is 0. The summed E-state index contributed by atoms with van der Waals surface area (Å²) in [6.07, 6.45) is 3.37. The van der Waals surface area contributed by atoms with Gasteiger partial charge in [0, 0.05) is 22.8 Å². The Morgan fingerprint density at radius 3 is 2.52 bits per heavy atom. The average molecular weight is 321 g/mol. The quantitative estimate of drug-likeness (QED) is 0.857. The van der Waals surface area contributed by atoms with E-state index in [4.69, 9.17) is 23.2 Å². The van der Waals surface area contributed by atoms with Gasteiger partial charge in [0.1, 0.15) is 0 Å². The molecule has 2 aromatic rings. The van der Waals surface area contributed by atoms with Gasteiger partial charge in [-0.3, -0.25) is 0 Å². The lowest BCUT2D eigenvalue weighted by molar-refractivity contribution is 0.244. The van der Waals surface area contributed by atoms with E-state index in [0.29, 0.717) is 16.6 Å². The van der Waals surface area contributed by atoms with Crippen molar-refractivity contribution in [1.29, 1.82) is 0 Å². The van der Waals surface area contributed by atoms with Crippen LogP contribution in [0.3, 0.4) is 0 Å². The SMILES string of the molecule is O=C(N/C=C/c1ccc(Cl)cc1)NCc1cccc(Cl)c1. The molecule has 108 valence electrons. The molecular formula is C16H14Cl2N2O. The van der Waals surface area contributed by atoms with E-state index in [2.05, 4.69) is 10.6 Å². The summed E-state index contributed by atoms with van der Waals surface area (Å²) in [5.41, 5.74) is 1.90. The third-order valence-electron chi connectivity index (χ3n) is 2.70. The summed E-state index contributed by atoms with van der Waals surface area (Å²) in [4.78, 5) is 11.6. The molecule has 2 amide bonds. The Hall–Kier alpha value is -1.97. The van der Waals surface area contributed by atoms with E-state index in [9.17, 15) is 4.79 Å². The fourth-order valence-electron chi connectivity index (χ4n) is 1.67. The van der Waals surface area contributed by atoms with Crippen LogP contribution in [0.5, 0.6) is 0 Å². The minimum atomic E-state index is -0.278. The van der Waals surface area contributed by atoms with Crippen molar-refractivity contribution >= 4 is 35.3 Å². The molecule has 0 spiro atoms. The number of rotatable bonds is 4. The number of benzene rings is 2. The number of amides is 2. The Morgan fingerprint density at radius 2 is 1.81 bits per heavy atom. The van der Waals surface area contributed by atoms with E-state index in [-0.39, 0.29) is 6.03 Å². The van der Waals surface area contributed by atoms with Crippen LogP contribution >= 0.6 is 23.2 Å². The molecule has 0 saturated carbocycles. The smallest absolute Gasteiger partial charge is 0.319 e. The van der Waals surface area contributed by atoms with Gasteiger partial charge in [0.05, 0.1) is 0 Å². The third kappa shape index (κ3) is 5.50. The molecule has 0 unspecified atom stereocenters. The Labute approximate surface area is 133 Å². The van der Waals surface area contributed by atoms with Crippen molar-refractivity contribution in [2.75, 3.05) is 0 Å². The minimum absolute atomic E-state index is 0.278. The van der Waals surface area contributed by atoms with Crippen LogP contribution in [0.1, 0.15) is 11.1 Å². The lowest BCUT2D eigenvalue weighted by Crippen LogP contribution is -2.31. The molecule has 5 heteroatoms. The van der Waals surface area contributed by atoms with Crippen LogP contribution in [0.4, 0.5) is 4.79 Å². The van der Waals surface area contributed by atoms with E-state index < -0.39 is 0 Å². The second-order valence-corrected chi connectivity index (χ2v) is 5.21. The number of hydrogen-bond donors (Lipinski definition) is 2. The highest BCUT2D eigenvalue weighted by Gasteiger charge is 1.98. The number of hydrogen-bond acceptors (Lipinski definition) is 1. The lowest BCUT2D eigenvalue weighted by atomic mass is 10.2. The summed E-state index contributed by atoms with van der Waals surface area (Å²) < 4.78 is 0. The van der Waals surface area contributed by atoms with Gasteiger partial charge in [-0.1, -0.05) is 47.5 Å². The number of nitrogens with one attached hydrogen (secondary N) is 2. The van der Waals surface area contributed by atoms with E-state index in [0.717, 1.165) is 11.1 Å². The van der Waals surface area contributed by atoms with Crippen LogP contribution < -0.4 is 10.6 Å². The topological polar surface area (TPSA) is 41.1 Å². The minimum Gasteiger partial charge on any atom is -0.334 e. The van der Waals surface area contributed by atoms with Crippen LogP contribution in [0, 0.1) is 0 Å². The van der Waals surface area contributed by atoms with Gasteiger partial charge in [-0.15, -0.1) is 0 Å². The number of carbonyl (C=O) groups is 1. The van der Waals surface area contributed by atoms with Crippen molar-refractivity contribution < 1.29 is 4.79 Å². The molecule has 21 heavy (non-hydrogen) atoms. The first-order valence-corrected chi connectivity index (χ1v) is 7.10. The molecule has 0 atom stereocenters. The summed E-state index contributed by atoms with van der Waals surface area (Å²) >= 11 is 11.7. The van der Waals surface area contributed by atoms with Gasteiger partial charge in [0.15, 0.2) is 0 Å². The van der Waals surface area contributed by atoms with Crippen molar-refractivity contribution in [3.8, 4) is 0 Å². The zero-order valence-electron chi connectivity index (χ0n) is 11.1. The summed E-state index contributed by atoms with van der Waals surface area (Å²) in [5, 5.41) is 6.70. The van der Waals surface area contributed by atoms with Gasteiger partial charge in [0.25, 0.3) is 0 Å². The second-order valence-electron chi connectivity index (χ2n) is 4.34. The molecule has 2 aromatic carbocycles. The molecule has 0 heterocycles. The molecule has 0 aliphatic rings. The summed E-state index contributed by atoms with van der Waals surface area (Å²) in [6.45, 7) is 0.418. The van der Waals surface area contributed by atoms with E-state index >= 15 is 0 Å². The van der Waals surface area contributed by atoms with Crippen LogP contribution in [0.25, 0.3) is 6.08 Å². The largest absolute Gasteiger partial charge is 0.334 e. The average Bonchev–Trinajstić information content (AvgIpc) is 2.47. The fraction of sp³-hybridized carbons (Fsp3) is 0.0625. The molecule has 2 N–H and O–H groups in total. The lowest BCUT2D eigenvalue weighted by Gasteiger charge is -2.05. The molecule has 0 aliphatic heterocycles. The van der Waals surface area contributed by atoms with Gasteiger partial charge in [-0.2, -0.15) is 0 Å².